The zero-order valence-electron chi connectivity index (χ0n) is 20.2. The molecule has 6 heteroatoms. The summed E-state index contributed by atoms with van der Waals surface area (Å²) in [6, 6.07) is 35.0. The van der Waals surface area contributed by atoms with E-state index in [1.807, 2.05) is 48.7 Å². The van der Waals surface area contributed by atoms with Gasteiger partial charge < -0.3 is 0 Å². The highest BCUT2D eigenvalue weighted by molar-refractivity contribution is 9.10. The third-order valence-corrected chi connectivity index (χ3v) is 7.12. The summed E-state index contributed by atoms with van der Waals surface area (Å²) in [7, 11) is 0. The van der Waals surface area contributed by atoms with Gasteiger partial charge in [0.1, 0.15) is 5.65 Å². The molecule has 0 amide bonds. The predicted molar refractivity (Wildman–Crippen MR) is 156 cm³/mol. The molecule has 0 atom stereocenters. The maximum atomic E-state index is 4.89. The van der Waals surface area contributed by atoms with Crippen LogP contribution >= 0.6 is 15.9 Å². The number of aromatic nitrogens is 5. The first-order valence-corrected chi connectivity index (χ1v) is 13.0. The Morgan fingerprint density at radius 2 is 1.21 bits per heavy atom. The average Bonchev–Trinajstić information content (AvgIpc) is 3.31. The molecule has 0 saturated carbocycles. The van der Waals surface area contributed by atoms with Crippen LogP contribution in [0.1, 0.15) is 0 Å². The molecule has 5 heterocycles. The van der Waals surface area contributed by atoms with Crippen molar-refractivity contribution in [1.29, 1.82) is 0 Å². The van der Waals surface area contributed by atoms with Gasteiger partial charge in [-0.25, -0.2) is 9.97 Å². The topological polar surface area (TPSA) is 56.5 Å². The van der Waals surface area contributed by atoms with Crippen LogP contribution in [0.5, 0.6) is 0 Å². The summed E-state index contributed by atoms with van der Waals surface area (Å²) in [5, 5.41) is 2.31. The van der Waals surface area contributed by atoms with Crippen molar-refractivity contribution >= 4 is 37.9 Å². The summed E-state index contributed by atoms with van der Waals surface area (Å²) < 4.78 is 3.25. The largest absolute Gasteiger partial charge is 0.294 e. The number of hydrogen-bond acceptors (Lipinski definition) is 4. The lowest BCUT2D eigenvalue weighted by Gasteiger charge is -2.11. The Morgan fingerprint density at radius 1 is 0.526 bits per heavy atom. The maximum Gasteiger partial charge on any atom is 0.145 e. The standard InChI is InChI=1S/C32H20BrN5/c33-23-11-14-25-26-6-5-17-36-32(26)38(31(25)20-23)24-12-9-21(10-13-24)22-18-29(27-7-1-3-15-34-27)37-30(19-22)28-8-2-4-16-35-28/h1-20H. The summed E-state index contributed by atoms with van der Waals surface area (Å²) in [6.45, 7) is 0. The van der Waals surface area contributed by atoms with E-state index in [0.717, 1.165) is 60.6 Å². The van der Waals surface area contributed by atoms with Crippen molar-refractivity contribution in [3.63, 3.8) is 0 Å². The number of hydrogen-bond donors (Lipinski definition) is 0. The highest BCUT2D eigenvalue weighted by Crippen LogP contribution is 2.34. The molecule has 7 rings (SSSR count). The van der Waals surface area contributed by atoms with Crippen LogP contribution in [0.15, 0.2) is 126 Å². The number of pyridine rings is 4. The lowest BCUT2D eigenvalue weighted by Crippen LogP contribution is -1.96. The molecule has 180 valence electrons. The van der Waals surface area contributed by atoms with E-state index in [1.165, 1.54) is 5.39 Å². The van der Waals surface area contributed by atoms with Crippen LogP contribution in [0.3, 0.4) is 0 Å². The first-order chi connectivity index (χ1) is 18.7. The fourth-order valence-corrected chi connectivity index (χ4v) is 5.22. The maximum absolute atomic E-state index is 4.89. The summed E-state index contributed by atoms with van der Waals surface area (Å²) in [5.41, 5.74) is 8.50. The molecule has 0 radical (unpaired) electrons. The van der Waals surface area contributed by atoms with Gasteiger partial charge in [0, 0.05) is 39.5 Å². The third-order valence-electron chi connectivity index (χ3n) is 6.63. The fraction of sp³-hybridized carbons (Fsp3) is 0. The van der Waals surface area contributed by atoms with Gasteiger partial charge in [-0.05, 0) is 83.9 Å². The first kappa shape index (κ1) is 22.5. The van der Waals surface area contributed by atoms with Crippen molar-refractivity contribution in [2.24, 2.45) is 0 Å². The number of fused-ring (bicyclic) bond motifs is 3. The van der Waals surface area contributed by atoms with E-state index < -0.39 is 0 Å². The van der Waals surface area contributed by atoms with E-state index >= 15 is 0 Å². The molecule has 0 spiro atoms. The molecule has 0 fully saturated rings. The number of halogens is 1. The second kappa shape index (κ2) is 9.32. The average molecular weight is 554 g/mol. The Kier molecular flexibility index (Phi) is 5.52. The van der Waals surface area contributed by atoms with Gasteiger partial charge >= 0.3 is 0 Å². The number of rotatable bonds is 4. The molecule has 0 unspecified atom stereocenters. The second-order valence-corrected chi connectivity index (χ2v) is 9.89. The van der Waals surface area contributed by atoms with E-state index in [-0.39, 0.29) is 0 Å². The van der Waals surface area contributed by atoms with Crippen molar-refractivity contribution in [1.82, 2.24) is 24.5 Å². The zero-order chi connectivity index (χ0) is 25.5. The van der Waals surface area contributed by atoms with Gasteiger partial charge in [0.05, 0.1) is 28.3 Å². The van der Waals surface area contributed by atoms with Crippen molar-refractivity contribution in [2.45, 2.75) is 0 Å². The van der Waals surface area contributed by atoms with Crippen LogP contribution in [-0.2, 0) is 0 Å². The van der Waals surface area contributed by atoms with Gasteiger partial charge in [-0.1, -0.05) is 46.3 Å². The lowest BCUT2D eigenvalue weighted by molar-refractivity contribution is 1.13. The van der Waals surface area contributed by atoms with Crippen molar-refractivity contribution in [3.8, 4) is 39.6 Å². The highest BCUT2D eigenvalue weighted by Gasteiger charge is 2.14. The highest BCUT2D eigenvalue weighted by atomic mass is 79.9. The van der Waals surface area contributed by atoms with Crippen LogP contribution in [0.25, 0.3) is 61.5 Å². The van der Waals surface area contributed by atoms with Crippen LogP contribution < -0.4 is 0 Å². The quantitative estimate of drug-likeness (QED) is 0.221. The van der Waals surface area contributed by atoms with Gasteiger partial charge in [0.2, 0.25) is 0 Å². The minimum atomic E-state index is 0.810. The number of benzene rings is 2. The summed E-state index contributed by atoms with van der Waals surface area (Å²) in [6.07, 6.45) is 5.42. The van der Waals surface area contributed by atoms with Crippen LogP contribution in [0.2, 0.25) is 0 Å². The smallest absolute Gasteiger partial charge is 0.145 e. The van der Waals surface area contributed by atoms with E-state index in [9.17, 15) is 0 Å². The van der Waals surface area contributed by atoms with Crippen molar-refractivity contribution < 1.29 is 0 Å². The monoisotopic (exact) mass is 553 g/mol. The Bertz CT molecular complexity index is 1860. The van der Waals surface area contributed by atoms with Gasteiger partial charge in [-0.15, -0.1) is 0 Å². The Morgan fingerprint density at radius 3 is 1.87 bits per heavy atom. The van der Waals surface area contributed by atoms with E-state index in [0.29, 0.717) is 0 Å². The minimum Gasteiger partial charge on any atom is -0.294 e. The Labute approximate surface area is 227 Å². The SMILES string of the molecule is Brc1ccc2c3cccnc3n(-c3ccc(-c4cc(-c5ccccn5)nc(-c5ccccn5)c4)cc3)c2c1. The molecule has 5 aromatic heterocycles. The van der Waals surface area contributed by atoms with E-state index in [2.05, 4.69) is 91.1 Å². The molecule has 38 heavy (non-hydrogen) atoms. The molecule has 0 saturated heterocycles. The van der Waals surface area contributed by atoms with Gasteiger partial charge in [-0.2, -0.15) is 0 Å². The van der Waals surface area contributed by atoms with Gasteiger partial charge in [-0.3, -0.25) is 14.5 Å². The third kappa shape index (κ3) is 3.96. The fourth-order valence-electron chi connectivity index (χ4n) is 4.87. The number of nitrogens with zero attached hydrogens (tertiary/aromatic N) is 5. The molecular weight excluding hydrogens is 534 g/mol. The molecule has 0 N–H and O–H groups in total. The van der Waals surface area contributed by atoms with Gasteiger partial charge in [0.15, 0.2) is 0 Å². The van der Waals surface area contributed by atoms with Gasteiger partial charge in [0.25, 0.3) is 0 Å². The Balaban J connectivity index is 1.37. The minimum absolute atomic E-state index is 0.810. The van der Waals surface area contributed by atoms with Crippen molar-refractivity contribution in [3.05, 3.63) is 126 Å². The molecule has 0 aliphatic carbocycles. The van der Waals surface area contributed by atoms with Crippen LogP contribution in [0, 0.1) is 0 Å². The molecular formula is C32H20BrN5. The summed E-state index contributed by atoms with van der Waals surface area (Å²) in [5.74, 6) is 0. The molecule has 5 nitrogen and oxygen atoms in total. The summed E-state index contributed by atoms with van der Waals surface area (Å²) >= 11 is 3.64. The molecule has 0 aliphatic heterocycles. The van der Waals surface area contributed by atoms with Crippen LogP contribution in [0.4, 0.5) is 0 Å². The normalized spacial score (nSPS) is 11.3. The molecule has 0 bridgehead atoms. The van der Waals surface area contributed by atoms with E-state index in [4.69, 9.17) is 9.97 Å². The van der Waals surface area contributed by atoms with Crippen LogP contribution in [-0.4, -0.2) is 24.5 Å². The molecule has 7 aromatic rings. The Hall–Kier alpha value is -4.68. The molecule has 2 aromatic carbocycles. The zero-order valence-corrected chi connectivity index (χ0v) is 21.7. The van der Waals surface area contributed by atoms with E-state index in [1.54, 1.807) is 12.4 Å². The van der Waals surface area contributed by atoms with Crippen molar-refractivity contribution in [2.75, 3.05) is 0 Å². The predicted octanol–water partition coefficient (Wildman–Crippen LogP) is 8.13. The second-order valence-electron chi connectivity index (χ2n) is 8.97. The molecule has 0 aliphatic rings. The lowest BCUT2D eigenvalue weighted by atomic mass is 10.0. The summed E-state index contributed by atoms with van der Waals surface area (Å²) in [4.78, 5) is 18.7. The first-order valence-electron chi connectivity index (χ1n) is 12.2.